The van der Waals surface area contributed by atoms with E-state index in [0.29, 0.717) is 4.73 Å². The van der Waals surface area contributed by atoms with Gasteiger partial charge in [-0.2, -0.15) is 9.83 Å². The highest BCUT2D eigenvalue weighted by Gasteiger charge is 2.43. The Balaban J connectivity index is 1.42. The topological polar surface area (TPSA) is 85.9 Å². The molecule has 0 radical (unpaired) electrons. The summed E-state index contributed by atoms with van der Waals surface area (Å²) in [6, 6.07) is 22.6. The molecule has 2 heterocycles. The average Bonchev–Trinajstić information content (AvgIpc) is 3.29. The van der Waals surface area contributed by atoms with E-state index < -0.39 is 18.5 Å². The summed E-state index contributed by atoms with van der Waals surface area (Å²) in [5, 5.41) is 17.7. The number of ether oxygens (including phenoxy) is 1. The van der Waals surface area contributed by atoms with Crippen molar-refractivity contribution in [1.29, 1.82) is 0 Å². The summed E-state index contributed by atoms with van der Waals surface area (Å²) in [6.07, 6.45) is 7.36. The third-order valence-corrected chi connectivity index (χ3v) is 6.38. The Morgan fingerprint density at radius 3 is 2.54 bits per heavy atom. The van der Waals surface area contributed by atoms with Gasteiger partial charge in [0.1, 0.15) is 5.56 Å². The smallest absolute Gasteiger partial charge is 0.344 e. The minimum Gasteiger partial charge on any atom is -0.619 e. The van der Waals surface area contributed by atoms with Gasteiger partial charge in [-0.1, -0.05) is 60.7 Å². The van der Waals surface area contributed by atoms with E-state index >= 15 is 0 Å². The Morgan fingerprint density at radius 1 is 1.06 bits per heavy atom. The maximum atomic E-state index is 13.3. The molecule has 1 aliphatic heterocycles. The normalized spacial score (nSPS) is 20.3. The van der Waals surface area contributed by atoms with Crippen LogP contribution in [0.5, 0.6) is 0 Å². The van der Waals surface area contributed by atoms with E-state index in [9.17, 15) is 14.8 Å². The fraction of sp³-hybridized carbons (Fsp3) is 0.214. The molecular weight excluding hydrogens is 442 g/mol. The number of hydrogen-bond acceptors (Lipinski definition) is 5. The summed E-state index contributed by atoms with van der Waals surface area (Å²) in [5.74, 6) is -1.07. The molecule has 176 valence electrons. The van der Waals surface area contributed by atoms with Gasteiger partial charge in [-0.3, -0.25) is 4.79 Å². The highest BCUT2D eigenvalue weighted by molar-refractivity contribution is 6.08. The molecule has 1 aromatic heterocycles. The van der Waals surface area contributed by atoms with E-state index in [1.54, 1.807) is 0 Å². The lowest BCUT2D eigenvalue weighted by Gasteiger charge is -2.29. The van der Waals surface area contributed by atoms with Crippen LogP contribution in [-0.4, -0.2) is 29.2 Å². The highest BCUT2D eigenvalue weighted by Crippen LogP contribution is 2.44. The molecule has 2 aliphatic rings. The van der Waals surface area contributed by atoms with Gasteiger partial charge in [0.05, 0.1) is 11.8 Å². The molecule has 3 aromatic rings. The SMILES string of the molecule is O=C(OCC(=O)N1N=C2/C(=C\c3ccccc3)CCCC2C1c1ccccc1)c1ccc[n+]([O-])c1. The number of carbonyl (C=O) groups is 2. The zero-order chi connectivity index (χ0) is 24.2. The molecule has 2 aromatic carbocycles. The molecular formula is C28H25N3O4. The van der Waals surface area contributed by atoms with Crippen molar-refractivity contribution in [2.24, 2.45) is 11.0 Å². The number of nitrogens with zero attached hydrogens (tertiary/aromatic N) is 3. The molecule has 2 unspecified atom stereocenters. The van der Waals surface area contributed by atoms with Crippen LogP contribution in [0.1, 0.15) is 46.8 Å². The fourth-order valence-electron chi connectivity index (χ4n) is 4.79. The van der Waals surface area contributed by atoms with Gasteiger partial charge in [-0.05, 0) is 48.1 Å². The first-order valence-electron chi connectivity index (χ1n) is 11.7. The zero-order valence-electron chi connectivity index (χ0n) is 19.1. The van der Waals surface area contributed by atoms with Gasteiger partial charge in [-0.25, -0.2) is 9.80 Å². The van der Waals surface area contributed by atoms with Crippen molar-refractivity contribution in [3.63, 3.8) is 0 Å². The summed E-state index contributed by atoms with van der Waals surface area (Å²) in [4.78, 5) is 25.7. The third-order valence-electron chi connectivity index (χ3n) is 6.38. The Kier molecular flexibility index (Phi) is 6.39. The van der Waals surface area contributed by atoms with Crippen molar-refractivity contribution in [1.82, 2.24) is 5.01 Å². The maximum absolute atomic E-state index is 13.3. The summed E-state index contributed by atoms with van der Waals surface area (Å²) >= 11 is 0. The summed E-state index contributed by atoms with van der Waals surface area (Å²) in [7, 11) is 0. The molecule has 1 aliphatic carbocycles. The largest absolute Gasteiger partial charge is 0.619 e. The molecule has 0 N–H and O–H groups in total. The zero-order valence-corrected chi connectivity index (χ0v) is 19.1. The lowest BCUT2D eigenvalue weighted by Crippen LogP contribution is -2.34. The number of amides is 1. The first kappa shape index (κ1) is 22.5. The summed E-state index contributed by atoms with van der Waals surface area (Å²) in [5.41, 5.74) is 4.23. The highest BCUT2D eigenvalue weighted by atomic mass is 16.5. The number of rotatable bonds is 5. The molecule has 35 heavy (non-hydrogen) atoms. The van der Waals surface area contributed by atoms with Crippen LogP contribution in [-0.2, 0) is 9.53 Å². The molecule has 0 saturated heterocycles. The predicted molar refractivity (Wildman–Crippen MR) is 131 cm³/mol. The minimum atomic E-state index is -0.728. The van der Waals surface area contributed by atoms with Crippen molar-refractivity contribution in [2.45, 2.75) is 25.3 Å². The van der Waals surface area contributed by atoms with E-state index in [0.717, 1.165) is 47.9 Å². The quantitative estimate of drug-likeness (QED) is 0.318. The van der Waals surface area contributed by atoms with Gasteiger partial charge in [0.15, 0.2) is 19.0 Å². The molecule has 7 heteroatoms. The van der Waals surface area contributed by atoms with E-state index in [4.69, 9.17) is 9.84 Å². The van der Waals surface area contributed by atoms with Gasteiger partial charge >= 0.3 is 5.97 Å². The number of carbonyl (C=O) groups excluding carboxylic acids is 2. The lowest BCUT2D eigenvalue weighted by atomic mass is 9.77. The summed E-state index contributed by atoms with van der Waals surface area (Å²) in [6.45, 7) is -0.461. The van der Waals surface area contributed by atoms with E-state index in [1.807, 2.05) is 48.5 Å². The molecule has 1 amide bonds. The average molecular weight is 468 g/mol. The number of esters is 1. The van der Waals surface area contributed by atoms with E-state index in [-0.39, 0.29) is 17.5 Å². The Morgan fingerprint density at radius 2 is 1.80 bits per heavy atom. The number of aromatic nitrogens is 1. The van der Waals surface area contributed by atoms with Crippen LogP contribution in [0.4, 0.5) is 0 Å². The monoisotopic (exact) mass is 467 g/mol. The van der Waals surface area contributed by atoms with Crippen molar-refractivity contribution in [3.05, 3.63) is 113 Å². The number of allylic oxidation sites excluding steroid dienone is 1. The molecule has 0 spiro atoms. The van der Waals surface area contributed by atoms with Crippen LogP contribution in [0, 0.1) is 11.1 Å². The fourth-order valence-corrected chi connectivity index (χ4v) is 4.79. The molecule has 7 nitrogen and oxygen atoms in total. The Bertz CT molecular complexity index is 1290. The van der Waals surface area contributed by atoms with Crippen LogP contribution in [0.2, 0.25) is 0 Å². The van der Waals surface area contributed by atoms with Crippen LogP contribution >= 0.6 is 0 Å². The van der Waals surface area contributed by atoms with Crippen molar-refractivity contribution < 1.29 is 19.1 Å². The standard InChI is InChI=1S/C28H25N3O4/c32-25(19-35-28(33)23-14-8-16-30(34)18-23)31-27(21-11-5-2-6-12-21)24-15-7-13-22(26(24)29-31)17-20-9-3-1-4-10-20/h1-6,8-12,14,16-18,24,27H,7,13,15,19H2/b22-17-. The van der Waals surface area contributed by atoms with Crippen LogP contribution in [0.25, 0.3) is 6.08 Å². The second-order valence-electron chi connectivity index (χ2n) is 8.69. The second kappa shape index (κ2) is 9.93. The molecule has 1 saturated carbocycles. The first-order valence-corrected chi connectivity index (χ1v) is 11.7. The van der Waals surface area contributed by atoms with Gasteiger partial charge in [0.25, 0.3) is 5.91 Å². The number of hydrogen-bond donors (Lipinski definition) is 0. The van der Waals surface area contributed by atoms with Crippen molar-refractivity contribution >= 4 is 23.7 Å². The second-order valence-corrected chi connectivity index (χ2v) is 8.69. The van der Waals surface area contributed by atoms with E-state index in [2.05, 4.69) is 18.2 Å². The molecule has 1 fully saturated rings. The molecule has 5 rings (SSSR count). The van der Waals surface area contributed by atoms with E-state index in [1.165, 1.54) is 23.3 Å². The number of hydrazone groups is 1. The van der Waals surface area contributed by atoms with Crippen molar-refractivity contribution in [3.8, 4) is 0 Å². The lowest BCUT2D eigenvalue weighted by molar-refractivity contribution is -0.605. The third kappa shape index (κ3) is 4.84. The summed E-state index contributed by atoms with van der Waals surface area (Å²) < 4.78 is 5.77. The van der Waals surface area contributed by atoms with Gasteiger partial charge < -0.3 is 9.94 Å². The number of pyridine rings is 1. The number of benzene rings is 2. The minimum absolute atomic E-state index is 0.0642. The van der Waals surface area contributed by atoms with Gasteiger partial charge in [-0.15, -0.1) is 0 Å². The van der Waals surface area contributed by atoms with Gasteiger partial charge in [0.2, 0.25) is 0 Å². The molecule has 0 bridgehead atoms. The van der Waals surface area contributed by atoms with Crippen molar-refractivity contribution in [2.75, 3.05) is 6.61 Å². The maximum Gasteiger partial charge on any atom is 0.344 e. The van der Waals surface area contributed by atoms with Crippen LogP contribution < -0.4 is 4.73 Å². The van der Waals surface area contributed by atoms with Crippen LogP contribution in [0.3, 0.4) is 0 Å². The number of fused-ring (bicyclic) bond motifs is 1. The Labute approximate surface area is 203 Å². The Hall–Kier alpha value is -4.26. The van der Waals surface area contributed by atoms with Gasteiger partial charge in [0, 0.05) is 12.0 Å². The van der Waals surface area contributed by atoms with Crippen LogP contribution in [0.15, 0.2) is 95.9 Å². The predicted octanol–water partition coefficient (Wildman–Crippen LogP) is 4.30. The molecule has 2 atom stereocenters. The first-order chi connectivity index (χ1) is 17.1.